The summed E-state index contributed by atoms with van der Waals surface area (Å²) in [5.74, 6) is 6.26. The van der Waals surface area contributed by atoms with Crippen LogP contribution in [-0.2, 0) is 0 Å². The molecule has 0 amide bonds. The molecule has 0 aromatic heterocycles. The fourth-order valence-electron chi connectivity index (χ4n) is 3.46. The molecule has 0 radical (unpaired) electrons. The maximum absolute atomic E-state index is 6.26. The summed E-state index contributed by atoms with van der Waals surface area (Å²) in [6.45, 7) is 16.4. The highest BCUT2D eigenvalue weighted by atomic mass is 15.4. The van der Waals surface area contributed by atoms with Crippen molar-refractivity contribution in [2.45, 2.75) is 13.8 Å². The Labute approximate surface area is 141 Å². The molecule has 136 valence electrons. The zero-order chi connectivity index (χ0) is 16.6. The summed E-state index contributed by atoms with van der Waals surface area (Å²) < 4.78 is 0. The van der Waals surface area contributed by atoms with E-state index in [0.29, 0.717) is 0 Å². The molecule has 0 spiro atoms. The van der Waals surface area contributed by atoms with Gasteiger partial charge in [0.05, 0.1) is 0 Å². The highest BCUT2D eigenvalue weighted by molar-refractivity contribution is 4.86. The van der Waals surface area contributed by atoms with Gasteiger partial charge in [-0.3, -0.25) is 5.84 Å². The Morgan fingerprint density at radius 2 is 1.04 bits per heavy atom. The van der Waals surface area contributed by atoms with Crippen molar-refractivity contribution in [2.75, 3.05) is 78.5 Å². The third-order valence-electron chi connectivity index (χ3n) is 4.88. The summed E-state index contributed by atoms with van der Waals surface area (Å²) in [4.78, 5) is 0. The van der Waals surface area contributed by atoms with Gasteiger partial charge in [-0.2, -0.15) is 0 Å². The number of nitrogens with two attached hydrogens (primary N) is 1. The lowest BCUT2D eigenvalue weighted by Gasteiger charge is -2.36. The fraction of sp³-hybridized carbons (Fsp3) is 1.00. The number of hydrazine groups is 1. The maximum Gasteiger partial charge on any atom is 0.0254 e. The zero-order valence-corrected chi connectivity index (χ0v) is 15.0. The van der Waals surface area contributed by atoms with Crippen LogP contribution in [0.15, 0.2) is 0 Å². The second-order valence-electron chi connectivity index (χ2n) is 7.98. The number of rotatable bonds is 0. The molecule has 7 nitrogen and oxygen atoms in total. The van der Waals surface area contributed by atoms with E-state index in [9.17, 15) is 0 Å². The van der Waals surface area contributed by atoms with Crippen LogP contribution >= 0.6 is 0 Å². The molecule has 3 fully saturated rings. The van der Waals surface area contributed by atoms with Gasteiger partial charge in [0, 0.05) is 89.4 Å². The largest absolute Gasteiger partial charge is 0.315 e. The van der Waals surface area contributed by atoms with E-state index in [2.05, 4.69) is 40.4 Å². The van der Waals surface area contributed by atoms with Crippen LogP contribution in [0.25, 0.3) is 0 Å². The van der Waals surface area contributed by atoms with Gasteiger partial charge in [0.1, 0.15) is 0 Å². The summed E-state index contributed by atoms with van der Waals surface area (Å²) in [7, 11) is 0. The first-order valence-electron chi connectivity index (χ1n) is 9.05. The van der Waals surface area contributed by atoms with Gasteiger partial charge < -0.3 is 26.6 Å². The van der Waals surface area contributed by atoms with E-state index in [1.165, 1.54) is 0 Å². The molecule has 0 aromatic carbocycles. The van der Waals surface area contributed by atoms with Crippen molar-refractivity contribution in [3.8, 4) is 0 Å². The maximum atomic E-state index is 6.26. The van der Waals surface area contributed by atoms with E-state index < -0.39 is 0 Å². The summed E-state index contributed by atoms with van der Waals surface area (Å²) in [5, 5.41) is 20.0. The molecule has 3 heterocycles. The van der Waals surface area contributed by atoms with Crippen LogP contribution in [-0.4, -0.2) is 83.5 Å². The molecule has 0 unspecified atom stereocenters. The van der Waals surface area contributed by atoms with Gasteiger partial charge in [-0.15, -0.1) is 0 Å². The standard InChI is InChI=1S/C16H37N7/c1-15-9-18-3-5-20-12-16(2,13-21-6-4-19-10-15)14-23(17)8-7-22-11-15/h18-22H,3-14,17H2,1-2H3. The Morgan fingerprint density at radius 3 is 1.52 bits per heavy atom. The van der Waals surface area contributed by atoms with Crippen molar-refractivity contribution < 1.29 is 0 Å². The van der Waals surface area contributed by atoms with Crippen LogP contribution in [0, 0.1) is 10.8 Å². The van der Waals surface area contributed by atoms with Crippen LogP contribution in [0.4, 0.5) is 0 Å². The third-order valence-corrected chi connectivity index (χ3v) is 4.88. The Morgan fingerprint density at radius 1 is 0.652 bits per heavy atom. The number of hydrogen-bond acceptors (Lipinski definition) is 7. The molecule has 7 heteroatoms. The molecule has 0 aliphatic carbocycles. The van der Waals surface area contributed by atoms with Crippen LogP contribution in [0.2, 0.25) is 0 Å². The quantitative estimate of drug-likeness (QED) is 0.291. The van der Waals surface area contributed by atoms with Gasteiger partial charge in [-0.1, -0.05) is 13.8 Å². The van der Waals surface area contributed by atoms with E-state index >= 15 is 0 Å². The SMILES string of the molecule is CC12CNCCNCC(C)(CNCCNC1)CN(N)CCNC2. The van der Waals surface area contributed by atoms with Crippen molar-refractivity contribution in [1.29, 1.82) is 0 Å². The Kier molecular flexibility index (Phi) is 7.68. The predicted molar refractivity (Wildman–Crippen MR) is 96.3 cm³/mol. The van der Waals surface area contributed by atoms with Crippen molar-refractivity contribution in [1.82, 2.24) is 31.6 Å². The molecule has 3 saturated heterocycles. The number of nitrogens with zero attached hydrogens (tertiary/aromatic N) is 1. The predicted octanol–water partition coefficient (Wildman–Crippen LogP) is -1.85. The monoisotopic (exact) mass is 327 g/mol. The van der Waals surface area contributed by atoms with Gasteiger partial charge in [-0.05, 0) is 0 Å². The van der Waals surface area contributed by atoms with Crippen LogP contribution in [0.3, 0.4) is 0 Å². The van der Waals surface area contributed by atoms with Crippen molar-refractivity contribution >= 4 is 0 Å². The van der Waals surface area contributed by atoms with E-state index in [1.807, 2.05) is 5.01 Å². The topological polar surface area (TPSA) is 89.4 Å². The first-order valence-corrected chi connectivity index (χ1v) is 9.05. The lowest BCUT2D eigenvalue weighted by molar-refractivity contribution is 0.153. The smallest absolute Gasteiger partial charge is 0.0254 e. The number of hydrogen-bond donors (Lipinski definition) is 6. The Bertz CT molecular complexity index is 320. The molecule has 23 heavy (non-hydrogen) atoms. The molecule has 3 aliphatic heterocycles. The van der Waals surface area contributed by atoms with Crippen LogP contribution in [0.5, 0.6) is 0 Å². The van der Waals surface area contributed by atoms with Crippen molar-refractivity contribution in [3.63, 3.8) is 0 Å². The van der Waals surface area contributed by atoms with E-state index in [-0.39, 0.29) is 10.8 Å². The molecular weight excluding hydrogens is 290 g/mol. The highest BCUT2D eigenvalue weighted by Crippen LogP contribution is 2.16. The fourth-order valence-corrected chi connectivity index (χ4v) is 3.46. The summed E-state index contributed by atoms with van der Waals surface area (Å²) in [6, 6.07) is 0. The highest BCUT2D eigenvalue weighted by Gasteiger charge is 2.27. The minimum absolute atomic E-state index is 0.136. The lowest BCUT2D eigenvalue weighted by Crippen LogP contribution is -2.55. The molecule has 0 atom stereocenters. The average molecular weight is 328 g/mol. The summed E-state index contributed by atoms with van der Waals surface area (Å²) in [5.41, 5.74) is 0.347. The van der Waals surface area contributed by atoms with Gasteiger partial charge in [0.15, 0.2) is 0 Å². The van der Waals surface area contributed by atoms with Gasteiger partial charge >= 0.3 is 0 Å². The summed E-state index contributed by atoms with van der Waals surface area (Å²) in [6.07, 6.45) is 0. The zero-order valence-electron chi connectivity index (χ0n) is 15.0. The molecule has 0 saturated carbocycles. The van der Waals surface area contributed by atoms with Crippen LogP contribution < -0.4 is 32.4 Å². The van der Waals surface area contributed by atoms with Gasteiger partial charge in [0.2, 0.25) is 0 Å². The molecule has 3 rings (SSSR count). The summed E-state index contributed by atoms with van der Waals surface area (Å²) >= 11 is 0. The van der Waals surface area contributed by atoms with E-state index in [1.54, 1.807) is 0 Å². The van der Waals surface area contributed by atoms with Gasteiger partial charge in [0.25, 0.3) is 0 Å². The van der Waals surface area contributed by atoms with Crippen LogP contribution in [0.1, 0.15) is 13.8 Å². The lowest BCUT2D eigenvalue weighted by atomic mass is 9.89. The minimum Gasteiger partial charge on any atom is -0.315 e. The number of nitrogens with one attached hydrogen (secondary N) is 5. The van der Waals surface area contributed by atoms with Crippen molar-refractivity contribution in [3.05, 3.63) is 0 Å². The minimum atomic E-state index is 0.136. The third kappa shape index (κ3) is 7.01. The first kappa shape index (κ1) is 19.1. The molecule has 0 aromatic rings. The second kappa shape index (κ2) is 9.27. The molecule has 7 N–H and O–H groups in total. The Balaban J connectivity index is 2.08. The molecular formula is C16H37N7. The first-order chi connectivity index (χ1) is 11.0. The van der Waals surface area contributed by atoms with Gasteiger partial charge in [-0.25, -0.2) is 5.01 Å². The van der Waals surface area contributed by atoms with Crippen molar-refractivity contribution in [2.24, 2.45) is 16.7 Å². The normalized spacial score (nSPS) is 37.2. The van der Waals surface area contributed by atoms with E-state index in [4.69, 9.17) is 5.84 Å². The Hall–Kier alpha value is -0.280. The second-order valence-corrected chi connectivity index (χ2v) is 7.98. The molecule has 3 aliphatic rings. The number of fused-ring (bicyclic) bond motifs is 15. The average Bonchev–Trinajstić information content (AvgIpc) is 2.50. The molecule has 2 bridgehead atoms. The van der Waals surface area contributed by atoms with E-state index in [0.717, 1.165) is 78.5 Å².